The average Bonchev–Trinajstić information content (AvgIpc) is 2.59. The van der Waals surface area contributed by atoms with Crippen molar-refractivity contribution in [3.8, 4) is 0 Å². The zero-order valence-electron chi connectivity index (χ0n) is 14.7. The van der Waals surface area contributed by atoms with Crippen molar-refractivity contribution in [1.82, 2.24) is 15.5 Å². The first kappa shape index (κ1) is 17.8. The molecule has 1 aromatic rings. The number of rotatable bonds is 7. The van der Waals surface area contributed by atoms with E-state index in [1.54, 1.807) is 0 Å². The molecule has 23 heavy (non-hydrogen) atoms. The van der Waals surface area contributed by atoms with E-state index in [0.29, 0.717) is 0 Å². The second-order valence-electron chi connectivity index (χ2n) is 6.43. The van der Waals surface area contributed by atoms with E-state index in [2.05, 4.69) is 51.7 Å². The first-order chi connectivity index (χ1) is 11.3. The second kappa shape index (κ2) is 10.3. The van der Waals surface area contributed by atoms with Crippen molar-refractivity contribution in [1.29, 1.82) is 0 Å². The van der Waals surface area contributed by atoms with Crippen LogP contribution >= 0.6 is 0 Å². The summed E-state index contributed by atoms with van der Waals surface area (Å²) < 4.78 is 0. The van der Waals surface area contributed by atoms with Gasteiger partial charge >= 0.3 is 0 Å². The minimum absolute atomic E-state index is 0.775. The molecule has 1 fully saturated rings. The Bertz CT molecular complexity index is 458. The van der Waals surface area contributed by atoms with E-state index < -0.39 is 0 Å². The first-order valence-corrected chi connectivity index (χ1v) is 9.02. The van der Waals surface area contributed by atoms with Crippen LogP contribution in [0.3, 0.4) is 0 Å². The highest BCUT2D eigenvalue weighted by Gasteiger charge is 2.16. The van der Waals surface area contributed by atoms with Gasteiger partial charge < -0.3 is 15.5 Å². The number of benzene rings is 1. The Morgan fingerprint density at radius 2 is 2.00 bits per heavy atom. The lowest BCUT2D eigenvalue weighted by molar-refractivity contribution is 0.158. The number of unbranched alkanes of at least 4 members (excludes halogenated alkanes) is 1. The van der Waals surface area contributed by atoms with Crippen molar-refractivity contribution in [2.75, 3.05) is 26.7 Å². The van der Waals surface area contributed by atoms with Crippen LogP contribution in [-0.2, 0) is 6.54 Å². The molecular weight excluding hydrogens is 284 g/mol. The van der Waals surface area contributed by atoms with Crippen LogP contribution in [0, 0.1) is 0 Å². The quantitative estimate of drug-likeness (QED) is 0.461. The van der Waals surface area contributed by atoms with Crippen molar-refractivity contribution in [3.63, 3.8) is 0 Å². The molecule has 0 saturated carbocycles. The monoisotopic (exact) mass is 316 g/mol. The molecular formula is C19H32N4. The molecule has 1 saturated heterocycles. The number of nitrogens with one attached hydrogen (secondary N) is 2. The molecule has 0 amide bonds. The Kier molecular flexibility index (Phi) is 7.95. The van der Waals surface area contributed by atoms with Gasteiger partial charge in [0.25, 0.3) is 0 Å². The smallest absolute Gasteiger partial charge is 0.191 e. The summed E-state index contributed by atoms with van der Waals surface area (Å²) >= 11 is 0. The van der Waals surface area contributed by atoms with Crippen LogP contribution in [0.4, 0.5) is 0 Å². The summed E-state index contributed by atoms with van der Waals surface area (Å²) in [5.74, 6) is 0.889. The molecule has 0 aliphatic carbocycles. The van der Waals surface area contributed by atoms with Gasteiger partial charge in [0.1, 0.15) is 0 Å². The highest BCUT2D eigenvalue weighted by molar-refractivity contribution is 5.79. The molecule has 1 aliphatic heterocycles. The van der Waals surface area contributed by atoms with Crippen molar-refractivity contribution in [2.45, 2.75) is 51.6 Å². The number of nitrogens with zero attached hydrogens (tertiary/aromatic N) is 2. The van der Waals surface area contributed by atoms with E-state index in [0.717, 1.165) is 25.1 Å². The number of aliphatic imine (C=N–C) groups is 1. The largest absolute Gasteiger partial charge is 0.356 e. The number of likely N-dealkylation sites (tertiary alicyclic amines) is 1. The molecule has 1 aliphatic rings. The molecule has 4 heteroatoms. The van der Waals surface area contributed by atoms with Crippen LogP contribution in [-0.4, -0.2) is 43.6 Å². The Balaban J connectivity index is 1.57. The van der Waals surface area contributed by atoms with Gasteiger partial charge in [-0.1, -0.05) is 36.8 Å². The van der Waals surface area contributed by atoms with Crippen LogP contribution in [0.25, 0.3) is 0 Å². The zero-order valence-corrected chi connectivity index (χ0v) is 14.7. The summed E-state index contributed by atoms with van der Waals surface area (Å²) in [6.07, 6.45) is 6.60. The van der Waals surface area contributed by atoms with Crippen LogP contribution in [0.2, 0.25) is 0 Å². The lowest BCUT2D eigenvalue weighted by Gasteiger charge is -2.33. The fourth-order valence-corrected chi connectivity index (χ4v) is 3.14. The predicted molar refractivity (Wildman–Crippen MR) is 98.8 cm³/mol. The highest BCUT2D eigenvalue weighted by Crippen LogP contribution is 2.16. The van der Waals surface area contributed by atoms with Gasteiger partial charge in [-0.3, -0.25) is 4.99 Å². The maximum absolute atomic E-state index is 4.29. The fourth-order valence-electron chi connectivity index (χ4n) is 3.14. The molecule has 1 unspecified atom stereocenters. The van der Waals surface area contributed by atoms with Gasteiger partial charge in [-0.2, -0.15) is 0 Å². The molecule has 1 atom stereocenters. The number of hydrogen-bond acceptors (Lipinski definition) is 2. The summed E-state index contributed by atoms with van der Waals surface area (Å²) in [6, 6.07) is 11.2. The summed E-state index contributed by atoms with van der Waals surface area (Å²) in [6.45, 7) is 6.68. The number of guanidine groups is 1. The van der Waals surface area contributed by atoms with Gasteiger partial charge in [-0.15, -0.1) is 0 Å². The first-order valence-electron chi connectivity index (χ1n) is 9.02. The molecule has 0 radical (unpaired) electrons. The van der Waals surface area contributed by atoms with Crippen molar-refractivity contribution in [2.24, 2.45) is 4.99 Å². The van der Waals surface area contributed by atoms with Crippen molar-refractivity contribution in [3.05, 3.63) is 35.9 Å². The Morgan fingerprint density at radius 1 is 1.17 bits per heavy atom. The SMILES string of the molecule is CN=C(NCCCCN1CCCCC1C)NCc1ccccc1. The molecule has 2 N–H and O–H groups in total. The summed E-state index contributed by atoms with van der Waals surface area (Å²) in [7, 11) is 1.83. The minimum atomic E-state index is 0.775. The van der Waals surface area contributed by atoms with E-state index in [4.69, 9.17) is 0 Å². The Hall–Kier alpha value is -1.55. The predicted octanol–water partition coefficient (Wildman–Crippen LogP) is 3.01. The molecule has 0 spiro atoms. The average molecular weight is 316 g/mol. The third kappa shape index (κ3) is 6.61. The van der Waals surface area contributed by atoms with Gasteiger partial charge in [0.2, 0.25) is 0 Å². The molecule has 128 valence electrons. The maximum Gasteiger partial charge on any atom is 0.191 e. The second-order valence-corrected chi connectivity index (χ2v) is 6.43. The Labute approximate surface area is 141 Å². The van der Waals surface area contributed by atoms with Crippen LogP contribution in [0.5, 0.6) is 0 Å². The molecule has 0 bridgehead atoms. The normalized spacial score (nSPS) is 19.6. The third-order valence-corrected chi connectivity index (χ3v) is 4.63. The molecule has 1 aromatic carbocycles. The molecule has 1 heterocycles. The number of hydrogen-bond donors (Lipinski definition) is 2. The van der Waals surface area contributed by atoms with Crippen LogP contribution in [0.1, 0.15) is 44.6 Å². The van der Waals surface area contributed by atoms with E-state index >= 15 is 0 Å². The lowest BCUT2D eigenvalue weighted by Crippen LogP contribution is -2.39. The lowest BCUT2D eigenvalue weighted by atomic mass is 10.0. The maximum atomic E-state index is 4.29. The van der Waals surface area contributed by atoms with Gasteiger partial charge in [0.05, 0.1) is 0 Å². The molecule has 4 nitrogen and oxygen atoms in total. The van der Waals surface area contributed by atoms with Crippen LogP contribution < -0.4 is 10.6 Å². The summed E-state index contributed by atoms with van der Waals surface area (Å²) in [5, 5.41) is 6.77. The highest BCUT2D eigenvalue weighted by atomic mass is 15.2. The van der Waals surface area contributed by atoms with Gasteiger partial charge in [-0.05, 0) is 51.3 Å². The van der Waals surface area contributed by atoms with Gasteiger partial charge in [0, 0.05) is 26.2 Å². The van der Waals surface area contributed by atoms with Crippen molar-refractivity contribution < 1.29 is 0 Å². The standard InChI is InChI=1S/C19H32N4/c1-17-10-6-8-14-23(17)15-9-7-13-21-19(20-2)22-16-18-11-4-3-5-12-18/h3-5,11-12,17H,6-10,13-16H2,1-2H3,(H2,20,21,22). The van der Waals surface area contributed by atoms with Gasteiger partial charge in [0.15, 0.2) is 5.96 Å². The fraction of sp³-hybridized carbons (Fsp3) is 0.632. The Morgan fingerprint density at radius 3 is 2.74 bits per heavy atom. The van der Waals surface area contributed by atoms with E-state index in [-0.39, 0.29) is 0 Å². The topological polar surface area (TPSA) is 39.7 Å². The zero-order chi connectivity index (χ0) is 16.3. The van der Waals surface area contributed by atoms with E-state index in [1.165, 1.54) is 50.8 Å². The minimum Gasteiger partial charge on any atom is -0.356 e. The van der Waals surface area contributed by atoms with Gasteiger partial charge in [-0.25, -0.2) is 0 Å². The molecule has 0 aromatic heterocycles. The van der Waals surface area contributed by atoms with E-state index in [9.17, 15) is 0 Å². The molecule has 2 rings (SSSR count). The van der Waals surface area contributed by atoms with Crippen molar-refractivity contribution >= 4 is 5.96 Å². The summed E-state index contributed by atoms with van der Waals surface area (Å²) in [4.78, 5) is 6.93. The third-order valence-electron chi connectivity index (χ3n) is 4.63. The summed E-state index contributed by atoms with van der Waals surface area (Å²) in [5.41, 5.74) is 1.27. The van der Waals surface area contributed by atoms with E-state index in [1.807, 2.05) is 13.1 Å². The van der Waals surface area contributed by atoms with Crippen LogP contribution in [0.15, 0.2) is 35.3 Å². The number of piperidine rings is 1.